The number of halogens is 1. The van der Waals surface area contributed by atoms with Gasteiger partial charge in [-0.25, -0.2) is 9.07 Å². The van der Waals surface area contributed by atoms with Gasteiger partial charge < -0.3 is 5.32 Å². The van der Waals surface area contributed by atoms with Crippen LogP contribution in [0.5, 0.6) is 0 Å². The molecule has 142 valence electrons. The highest BCUT2D eigenvalue weighted by molar-refractivity contribution is 5.21. The Bertz CT molecular complexity index is 827. The van der Waals surface area contributed by atoms with Gasteiger partial charge in [-0.05, 0) is 56.2 Å². The fourth-order valence-electron chi connectivity index (χ4n) is 4.23. The van der Waals surface area contributed by atoms with E-state index in [1.54, 1.807) is 4.68 Å². The van der Waals surface area contributed by atoms with Gasteiger partial charge in [0.2, 0.25) is 0 Å². The van der Waals surface area contributed by atoms with E-state index in [1.165, 1.54) is 31.4 Å². The molecule has 0 unspecified atom stereocenters. The minimum atomic E-state index is -0.490. The first-order valence-corrected chi connectivity index (χ1v) is 9.90. The van der Waals surface area contributed by atoms with Crippen molar-refractivity contribution in [2.75, 3.05) is 0 Å². The lowest BCUT2D eigenvalue weighted by molar-refractivity contribution is 0.170. The number of nitrogens with one attached hydrogen (secondary N) is 1. The van der Waals surface area contributed by atoms with Crippen LogP contribution in [-0.2, 0) is 17.6 Å². The van der Waals surface area contributed by atoms with Gasteiger partial charge in [-0.1, -0.05) is 36.6 Å². The topological polar surface area (TPSA) is 66.5 Å². The molecule has 0 saturated heterocycles. The van der Waals surface area contributed by atoms with E-state index in [0.717, 1.165) is 36.9 Å². The van der Waals surface area contributed by atoms with Crippen molar-refractivity contribution in [1.82, 2.24) is 20.3 Å². The molecule has 2 aromatic rings. The maximum atomic E-state index is 13.2. The van der Waals surface area contributed by atoms with E-state index in [1.807, 2.05) is 18.3 Å². The third kappa shape index (κ3) is 3.49. The van der Waals surface area contributed by atoms with Crippen molar-refractivity contribution < 1.29 is 4.39 Å². The number of nitriles is 1. The van der Waals surface area contributed by atoms with Gasteiger partial charge in [-0.2, -0.15) is 5.26 Å². The molecule has 2 saturated carbocycles. The fraction of sp³-hybridized carbons (Fsp3) is 0.571. The number of benzene rings is 1. The molecule has 4 rings (SSSR count). The maximum Gasteiger partial charge on any atom is 0.150 e. The van der Waals surface area contributed by atoms with Crippen molar-refractivity contribution in [3.8, 4) is 6.07 Å². The molecule has 0 radical (unpaired) electrons. The summed E-state index contributed by atoms with van der Waals surface area (Å²) in [6.07, 6.45) is 9.71. The lowest BCUT2D eigenvalue weighted by Crippen LogP contribution is -2.46. The minimum Gasteiger partial charge on any atom is -0.302 e. The molecule has 0 amide bonds. The Labute approximate surface area is 159 Å². The SMILES string of the molecule is C[C@@](NCc1ccc(F)cc1)(c1cn(C2(C#N)CC2)nn1)C1CCCCC1. The minimum absolute atomic E-state index is 0.219. The van der Waals surface area contributed by atoms with Gasteiger partial charge in [0.25, 0.3) is 0 Å². The molecule has 6 heteroatoms. The highest BCUT2D eigenvalue weighted by Gasteiger charge is 2.48. The van der Waals surface area contributed by atoms with E-state index >= 15 is 0 Å². The van der Waals surface area contributed by atoms with E-state index in [2.05, 4.69) is 28.6 Å². The highest BCUT2D eigenvalue weighted by Crippen LogP contribution is 2.44. The Balaban J connectivity index is 1.60. The zero-order valence-electron chi connectivity index (χ0n) is 15.8. The average Bonchev–Trinajstić information content (AvgIpc) is 3.35. The summed E-state index contributed by atoms with van der Waals surface area (Å²) < 4.78 is 15.0. The second kappa shape index (κ2) is 7.05. The summed E-state index contributed by atoms with van der Waals surface area (Å²) >= 11 is 0. The van der Waals surface area contributed by atoms with Crippen LogP contribution in [0.25, 0.3) is 0 Å². The normalized spacial score (nSPS) is 21.4. The van der Waals surface area contributed by atoms with Crippen LogP contribution in [0, 0.1) is 23.1 Å². The van der Waals surface area contributed by atoms with Gasteiger partial charge in [0.05, 0.1) is 17.8 Å². The molecule has 1 atom stereocenters. The van der Waals surface area contributed by atoms with Crippen LogP contribution < -0.4 is 5.32 Å². The first-order chi connectivity index (χ1) is 13.1. The maximum absolute atomic E-state index is 13.2. The monoisotopic (exact) mass is 367 g/mol. The van der Waals surface area contributed by atoms with Gasteiger partial charge in [-0.3, -0.25) is 0 Å². The van der Waals surface area contributed by atoms with Crippen molar-refractivity contribution in [1.29, 1.82) is 5.26 Å². The summed E-state index contributed by atoms with van der Waals surface area (Å²) in [5, 5.41) is 21.9. The van der Waals surface area contributed by atoms with Crippen LogP contribution in [0.15, 0.2) is 30.5 Å². The molecule has 1 N–H and O–H groups in total. The molecule has 5 nitrogen and oxygen atoms in total. The number of aromatic nitrogens is 3. The standard InChI is InChI=1S/C21H26FN5/c1-20(17-5-3-2-4-6-17,24-13-16-7-9-18(22)10-8-16)19-14-27(26-25-19)21(15-23)11-12-21/h7-10,14,17,24H,2-6,11-13H2,1H3/t20-/m0/s1. The zero-order chi connectivity index (χ0) is 18.9. The summed E-state index contributed by atoms with van der Waals surface area (Å²) in [6.45, 7) is 2.84. The molecule has 2 aliphatic carbocycles. The van der Waals surface area contributed by atoms with E-state index in [9.17, 15) is 9.65 Å². The average molecular weight is 367 g/mol. The van der Waals surface area contributed by atoms with Gasteiger partial charge in [0.15, 0.2) is 5.54 Å². The van der Waals surface area contributed by atoms with Crippen molar-refractivity contribution in [3.05, 3.63) is 47.5 Å². The Morgan fingerprint density at radius 2 is 1.96 bits per heavy atom. The third-order valence-electron chi connectivity index (χ3n) is 6.39. The number of hydrogen-bond donors (Lipinski definition) is 1. The molecule has 0 aliphatic heterocycles. The third-order valence-corrected chi connectivity index (χ3v) is 6.39. The second-order valence-electron chi connectivity index (χ2n) is 8.21. The first-order valence-electron chi connectivity index (χ1n) is 9.90. The molecule has 1 heterocycles. The van der Waals surface area contributed by atoms with E-state index in [-0.39, 0.29) is 11.4 Å². The molecule has 27 heavy (non-hydrogen) atoms. The summed E-state index contributed by atoms with van der Waals surface area (Å²) in [5.74, 6) is 0.247. The van der Waals surface area contributed by atoms with Crippen molar-refractivity contribution in [2.45, 2.75) is 69.5 Å². The summed E-state index contributed by atoms with van der Waals surface area (Å²) in [7, 11) is 0. The Kier molecular flexibility index (Phi) is 4.73. The summed E-state index contributed by atoms with van der Waals surface area (Å²) in [6, 6.07) is 9.00. The van der Waals surface area contributed by atoms with E-state index < -0.39 is 5.54 Å². The molecule has 0 spiro atoms. The summed E-state index contributed by atoms with van der Waals surface area (Å²) in [5.41, 5.74) is 1.13. The van der Waals surface area contributed by atoms with Crippen LogP contribution in [0.2, 0.25) is 0 Å². The van der Waals surface area contributed by atoms with Gasteiger partial charge >= 0.3 is 0 Å². The van der Waals surface area contributed by atoms with Crippen LogP contribution in [0.4, 0.5) is 4.39 Å². The second-order valence-corrected chi connectivity index (χ2v) is 8.21. The van der Waals surface area contributed by atoms with Crippen LogP contribution in [0.3, 0.4) is 0 Å². The molecule has 2 fully saturated rings. The predicted octanol–water partition coefficient (Wildman–Crippen LogP) is 4.02. The Morgan fingerprint density at radius 1 is 1.26 bits per heavy atom. The number of nitrogens with zero attached hydrogens (tertiary/aromatic N) is 4. The van der Waals surface area contributed by atoms with Crippen LogP contribution >= 0.6 is 0 Å². The lowest BCUT2D eigenvalue weighted by Gasteiger charge is -2.39. The first kappa shape index (κ1) is 18.1. The smallest absolute Gasteiger partial charge is 0.150 e. The van der Waals surface area contributed by atoms with E-state index in [0.29, 0.717) is 12.5 Å². The van der Waals surface area contributed by atoms with Crippen molar-refractivity contribution in [3.63, 3.8) is 0 Å². The molecule has 0 bridgehead atoms. The Hall–Kier alpha value is -2.26. The largest absolute Gasteiger partial charge is 0.302 e. The van der Waals surface area contributed by atoms with Gasteiger partial charge in [-0.15, -0.1) is 5.10 Å². The molecular weight excluding hydrogens is 341 g/mol. The number of hydrogen-bond acceptors (Lipinski definition) is 4. The summed E-state index contributed by atoms with van der Waals surface area (Å²) in [4.78, 5) is 0. The fourth-order valence-corrected chi connectivity index (χ4v) is 4.23. The molecule has 1 aromatic carbocycles. The number of rotatable bonds is 6. The van der Waals surface area contributed by atoms with Crippen LogP contribution in [-0.4, -0.2) is 15.0 Å². The molecular formula is C21H26FN5. The van der Waals surface area contributed by atoms with Gasteiger partial charge in [0, 0.05) is 6.54 Å². The quantitative estimate of drug-likeness (QED) is 0.837. The Morgan fingerprint density at radius 3 is 2.59 bits per heavy atom. The molecule has 1 aromatic heterocycles. The zero-order valence-corrected chi connectivity index (χ0v) is 15.8. The van der Waals surface area contributed by atoms with Gasteiger partial charge in [0.1, 0.15) is 11.5 Å². The van der Waals surface area contributed by atoms with Crippen molar-refractivity contribution in [2.24, 2.45) is 5.92 Å². The lowest BCUT2D eigenvalue weighted by atomic mass is 9.74. The predicted molar refractivity (Wildman–Crippen MR) is 100 cm³/mol. The molecule has 2 aliphatic rings. The highest BCUT2D eigenvalue weighted by atomic mass is 19.1. The van der Waals surface area contributed by atoms with Crippen LogP contribution in [0.1, 0.15) is 63.1 Å². The van der Waals surface area contributed by atoms with E-state index in [4.69, 9.17) is 0 Å². The van der Waals surface area contributed by atoms with Crippen molar-refractivity contribution >= 4 is 0 Å².